The second kappa shape index (κ2) is 11.1. The highest BCUT2D eigenvalue weighted by Gasteiger charge is 2.35. The fourth-order valence-corrected chi connectivity index (χ4v) is 5.09. The second-order valence-electron chi connectivity index (χ2n) is 8.32. The number of hydrogen-bond donors (Lipinski definition) is 3. The van der Waals surface area contributed by atoms with Crippen LogP contribution in [0.3, 0.4) is 0 Å². The molecule has 3 aromatic carbocycles. The van der Waals surface area contributed by atoms with Gasteiger partial charge in [-0.25, -0.2) is 14.2 Å². The van der Waals surface area contributed by atoms with Gasteiger partial charge in [-0.15, -0.1) is 0 Å². The smallest absolute Gasteiger partial charge is 0.472 e. The lowest BCUT2D eigenvalue weighted by Gasteiger charge is -2.24. The van der Waals surface area contributed by atoms with E-state index in [0.717, 1.165) is 22.3 Å². The number of alkyl carbamates (subject to hydrolysis) is 1. The molecular formula is C26H26NO8P. The SMILES string of the molecule is CC(OP(=O)(O)OCc1ccccc1)C(NC(=O)OCC1c2ccccc2-c2ccccc21)C(=O)O. The molecule has 1 aliphatic carbocycles. The summed E-state index contributed by atoms with van der Waals surface area (Å²) in [7, 11) is -4.61. The number of carbonyl (C=O) groups is 2. The molecule has 0 saturated carbocycles. The third kappa shape index (κ3) is 6.01. The van der Waals surface area contributed by atoms with E-state index in [1.807, 2.05) is 48.5 Å². The third-order valence-corrected chi connectivity index (χ3v) is 6.94. The Morgan fingerprint density at radius 3 is 2.08 bits per heavy atom. The van der Waals surface area contributed by atoms with Gasteiger partial charge < -0.3 is 20.1 Å². The summed E-state index contributed by atoms with van der Waals surface area (Å²) >= 11 is 0. The van der Waals surface area contributed by atoms with Crippen LogP contribution in [-0.2, 0) is 29.8 Å². The average Bonchev–Trinajstić information content (AvgIpc) is 3.18. The number of hydrogen-bond acceptors (Lipinski definition) is 6. The third-order valence-electron chi connectivity index (χ3n) is 5.89. The fraction of sp³-hybridized carbons (Fsp3) is 0.231. The molecule has 3 N–H and O–H groups in total. The molecule has 0 heterocycles. The molecule has 0 aliphatic heterocycles. The number of phosphoric ester groups is 1. The van der Waals surface area contributed by atoms with Gasteiger partial charge in [0.05, 0.1) is 12.7 Å². The summed E-state index contributed by atoms with van der Waals surface area (Å²) in [6, 6.07) is 22.6. The van der Waals surface area contributed by atoms with Crippen molar-refractivity contribution in [3.05, 3.63) is 95.6 Å². The van der Waals surface area contributed by atoms with Gasteiger partial charge in [0.1, 0.15) is 6.61 Å². The number of rotatable bonds is 10. The van der Waals surface area contributed by atoms with E-state index in [0.29, 0.717) is 5.56 Å². The molecule has 0 spiro atoms. The van der Waals surface area contributed by atoms with E-state index in [1.165, 1.54) is 6.92 Å². The molecule has 1 amide bonds. The van der Waals surface area contributed by atoms with E-state index >= 15 is 0 Å². The molecule has 3 atom stereocenters. The number of carbonyl (C=O) groups excluding carboxylic acids is 1. The zero-order valence-electron chi connectivity index (χ0n) is 19.4. The van der Waals surface area contributed by atoms with Crippen molar-refractivity contribution in [3.63, 3.8) is 0 Å². The number of phosphoric acid groups is 1. The molecule has 0 aromatic heterocycles. The summed E-state index contributed by atoms with van der Waals surface area (Å²) in [4.78, 5) is 34.3. The minimum absolute atomic E-state index is 0.0138. The Balaban J connectivity index is 1.35. The molecule has 188 valence electrons. The van der Waals surface area contributed by atoms with Crippen LogP contribution in [0.15, 0.2) is 78.9 Å². The van der Waals surface area contributed by atoms with Crippen molar-refractivity contribution in [3.8, 4) is 11.1 Å². The highest BCUT2D eigenvalue weighted by Crippen LogP contribution is 2.46. The first kappa shape index (κ1) is 25.6. The molecule has 10 heteroatoms. The summed E-state index contributed by atoms with van der Waals surface area (Å²) in [5, 5.41) is 11.8. The number of nitrogens with one attached hydrogen (secondary N) is 1. The zero-order valence-corrected chi connectivity index (χ0v) is 20.3. The van der Waals surface area contributed by atoms with Gasteiger partial charge in [0.15, 0.2) is 6.04 Å². The predicted molar refractivity (Wildman–Crippen MR) is 131 cm³/mol. The van der Waals surface area contributed by atoms with Crippen LogP contribution in [0.4, 0.5) is 4.79 Å². The van der Waals surface area contributed by atoms with Crippen molar-refractivity contribution in [1.82, 2.24) is 5.32 Å². The van der Waals surface area contributed by atoms with E-state index in [2.05, 4.69) is 5.32 Å². The van der Waals surface area contributed by atoms with E-state index in [1.54, 1.807) is 30.3 Å². The fourth-order valence-electron chi connectivity index (χ4n) is 4.18. The maximum atomic E-state index is 12.5. The van der Waals surface area contributed by atoms with Crippen LogP contribution in [-0.4, -0.2) is 40.8 Å². The molecule has 3 unspecified atom stereocenters. The summed E-state index contributed by atoms with van der Waals surface area (Å²) in [6.45, 7) is 1.02. The first-order valence-corrected chi connectivity index (χ1v) is 12.8. The molecule has 4 rings (SSSR count). The van der Waals surface area contributed by atoms with Crippen molar-refractivity contribution in [1.29, 1.82) is 0 Å². The van der Waals surface area contributed by atoms with Gasteiger partial charge in [-0.1, -0.05) is 78.9 Å². The molecule has 0 bridgehead atoms. The Hall–Kier alpha value is -3.49. The largest absolute Gasteiger partial charge is 0.480 e. The summed E-state index contributed by atoms with van der Waals surface area (Å²) in [6.07, 6.45) is -2.38. The van der Waals surface area contributed by atoms with E-state index < -0.39 is 32.0 Å². The van der Waals surface area contributed by atoms with E-state index in [9.17, 15) is 24.2 Å². The van der Waals surface area contributed by atoms with Crippen LogP contribution >= 0.6 is 7.82 Å². The van der Waals surface area contributed by atoms with Gasteiger partial charge in [0.2, 0.25) is 0 Å². The van der Waals surface area contributed by atoms with Gasteiger partial charge in [0.25, 0.3) is 0 Å². The van der Waals surface area contributed by atoms with E-state index in [-0.39, 0.29) is 19.1 Å². The van der Waals surface area contributed by atoms with Crippen molar-refractivity contribution in [2.24, 2.45) is 0 Å². The maximum absolute atomic E-state index is 12.5. The highest BCUT2D eigenvalue weighted by atomic mass is 31.2. The van der Waals surface area contributed by atoms with Crippen molar-refractivity contribution < 1.29 is 37.9 Å². The summed E-state index contributed by atoms with van der Waals surface area (Å²) in [5.74, 6) is -1.66. The van der Waals surface area contributed by atoms with Crippen LogP contribution in [0.1, 0.15) is 29.5 Å². The number of carboxylic acids is 1. The first-order chi connectivity index (χ1) is 17.2. The molecule has 0 saturated heterocycles. The van der Waals surface area contributed by atoms with Crippen molar-refractivity contribution in [2.75, 3.05) is 6.61 Å². The highest BCUT2D eigenvalue weighted by molar-refractivity contribution is 7.47. The molecule has 9 nitrogen and oxygen atoms in total. The molecular weight excluding hydrogens is 485 g/mol. The molecule has 3 aromatic rings. The number of ether oxygens (including phenoxy) is 1. The van der Waals surface area contributed by atoms with E-state index in [4.69, 9.17) is 13.8 Å². The Bertz CT molecular complexity index is 1240. The normalized spacial score (nSPS) is 15.7. The van der Waals surface area contributed by atoms with Crippen LogP contribution in [0, 0.1) is 0 Å². The zero-order chi connectivity index (χ0) is 25.7. The molecule has 1 aliphatic rings. The van der Waals surface area contributed by atoms with Crippen LogP contribution in [0.5, 0.6) is 0 Å². The average molecular weight is 511 g/mol. The first-order valence-electron chi connectivity index (χ1n) is 11.3. The topological polar surface area (TPSA) is 131 Å². The minimum Gasteiger partial charge on any atom is -0.480 e. The van der Waals surface area contributed by atoms with Crippen LogP contribution in [0.25, 0.3) is 11.1 Å². The van der Waals surface area contributed by atoms with Gasteiger partial charge >= 0.3 is 19.9 Å². The lowest BCUT2D eigenvalue weighted by Crippen LogP contribution is -2.48. The Kier molecular flexibility index (Phi) is 7.86. The number of benzene rings is 3. The van der Waals surface area contributed by atoms with Gasteiger partial charge in [0, 0.05) is 5.92 Å². The van der Waals surface area contributed by atoms with Crippen LogP contribution < -0.4 is 5.32 Å². The van der Waals surface area contributed by atoms with Gasteiger partial charge in [-0.2, -0.15) is 0 Å². The maximum Gasteiger partial charge on any atom is 0.472 e. The number of carboxylic acid groups (broad SMARTS) is 1. The molecule has 0 fully saturated rings. The molecule has 36 heavy (non-hydrogen) atoms. The second-order valence-corrected chi connectivity index (χ2v) is 9.73. The van der Waals surface area contributed by atoms with Crippen molar-refractivity contribution >= 4 is 19.9 Å². The number of aliphatic carboxylic acids is 1. The summed E-state index contributed by atoms with van der Waals surface area (Å²) in [5.41, 5.74) is 4.77. The lowest BCUT2D eigenvalue weighted by atomic mass is 9.98. The standard InChI is InChI=1S/C26H26NO8P/c1-17(35-36(31,32)34-15-18-9-3-2-4-10-18)24(25(28)29)27-26(30)33-16-23-21-13-7-5-11-19(21)20-12-6-8-14-22(20)23/h2-14,17,23-24H,15-16H2,1H3,(H,27,30)(H,28,29)(H,31,32). The quantitative estimate of drug-likeness (QED) is 0.334. The molecule has 0 radical (unpaired) electrons. The summed E-state index contributed by atoms with van der Waals surface area (Å²) < 4.78 is 27.6. The Morgan fingerprint density at radius 2 is 1.50 bits per heavy atom. The predicted octanol–water partition coefficient (Wildman–Crippen LogP) is 4.70. The number of amides is 1. The minimum atomic E-state index is -4.61. The Labute approximate surface area is 208 Å². The number of fused-ring (bicyclic) bond motifs is 3. The van der Waals surface area contributed by atoms with Gasteiger partial charge in [-0.3, -0.25) is 9.05 Å². The van der Waals surface area contributed by atoms with Crippen LogP contribution in [0.2, 0.25) is 0 Å². The van der Waals surface area contributed by atoms with Crippen molar-refractivity contribution in [2.45, 2.75) is 31.6 Å². The monoisotopic (exact) mass is 511 g/mol. The Morgan fingerprint density at radius 1 is 0.944 bits per heavy atom. The van der Waals surface area contributed by atoms with Gasteiger partial charge in [-0.05, 0) is 34.7 Å². The lowest BCUT2D eigenvalue weighted by molar-refractivity contribution is -0.141.